The van der Waals surface area contributed by atoms with Crippen LogP contribution in [0.15, 0.2) is 35.3 Å². The molecule has 3 rings (SSSR count). The topological polar surface area (TPSA) is 69.6 Å². The van der Waals surface area contributed by atoms with Crippen molar-refractivity contribution < 1.29 is 14.3 Å². The molecule has 174 valence electrons. The zero-order chi connectivity index (χ0) is 21.2. The van der Waals surface area contributed by atoms with Crippen molar-refractivity contribution >= 4 is 35.8 Å². The number of aliphatic imine (C=N–C) groups is 1. The molecule has 0 unspecified atom stereocenters. The molecular weight excluding hydrogens is 509 g/mol. The molecule has 31 heavy (non-hydrogen) atoms. The Morgan fingerprint density at radius 2 is 1.84 bits per heavy atom. The van der Waals surface area contributed by atoms with E-state index in [0.717, 1.165) is 77.0 Å². The molecule has 0 radical (unpaired) electrons. The number of nitrogens with one attached hydrogen (secondary N) is 1. The van der Waals surface area contributed by atoms with Gasteiger partial charge in [-0.25, -0.2) is 4.99 Å². The minimum atomic E-state index is 0. The van der Waals surface area contributed by atoms with Gasteiger partial charge in [0.25, 0.3) is 0 Å². The van der Waals surface area contributed by atoms with Crippen LogP contribution in [0.4, 0.5) is 0 Å². The Bertz CT molecular complexity index is 675. The summed E-state index contributed by atoms with van der Waals surface area (Å²) in [5, 5.41) is 3.48. The van der Waals surface area contributed by atoms with Crippen molar-refractivity contribution in [2.24, 2.45) is 4.99 Å². The quantitative estimate of drug-likeness (QED) is 0.319. The third kappa shape index (κ3) is 8.82. The fraction of sp³-hybridized carbons (Fsp3) is 0.636. The van der Waals surface area contributed by atoms with E-state index in [9.17, 15) is 4.79 Å². The largest absolute Gasteiger partial charge is 0.490 e. The van der Waals surface area contributed by atoms with Crippen LogP contribution in [0.5, 0.6) is 5.75 Å². The molecule has 0 saturated carbocycles. The SMILES string of the molecule is CN(C)C(=O)CN=C(NCCN1CCOCC1)N1CCC(Oc2ccccc2)CC1.I. The number of nitrogens with zero attached hydrogens (tertiary/aromatic N) is 4. The summed E-state index contributed by atoms with van der Waals surface area (Å²) < 4.78 is 11.5. The number of benzene rings is 1. The molecule has 1 aromatic rings. The number of rotatable bonds is 7. The van der Waals surface area contributed by atoms with Crippen molar-refractivity contribution in [2.75, 3.05) is 73.1 Å². The van der Waals surface area contributed by atoms with Gasteiger partial charge < -0.3 is 24.6 Å². The first kappa shape index (κ1) is 25.7. The van der Waals surface area contributed by atoms with Crippen LogP contribution in [-0.4, -0.2) is 106 Å². The molecule has 0 atom stereocenters. The highest BCUT2D eigenvalue weighted by atomic mass is 127. The van der Waals surface area contributed by atoms with Crippen LogP contribution >= 0.6 is 24.0 Å². The number of halogens is 1. The number of likely N-dealkylation sites (N-methyl/N-ethyl adjacent to an activating group) is 1. The Morgan fingerprint density at radius 1 is 1.16 bits per heavy atom. The lowest BCUT2D eigenvalue weighted by Crippen LogP contribution is -2.50. The van der Waals surface area contributed by atoms with Gasteiger partial charge in [-0.3, -0.25) is 9.69 Å². The second-order valence-corrected chi connectivity index (χ2v) is 7.93. The zero-order valence-corrected chi connectivity index (χ0v) is 21.0. The van der Waals surface area contributed by atoms with E-state index < -0.39 is 0 Å². The molecule has 1 N–H and O–H groups in total. The van der Waals surface area contributed by atoms with E-state index in [1.165, 1.54) is 0 Å². The van der Waals surface area contributed by atoms with Crippen LogP contribution in [0.3, 0.4) is 0 Å². The van der Waals surface area contributed by atoms with Gasteiger partial charge in [-0.2, -0.15) is 0 Å². The van der Waals surface area contributed by atoms with E-state index in [2.05, 4.69) is 20.1 Å². The molecule has 2 heterocycles. The number of likely N-dealkylation sites (tertiary alicyclic amines) is 1. The van der Waals surface area contributed by atoms with Gasteiger partial charge in [0.15, 0.2) is 5.96 Å². The van der Waals surface area contributed by atoms with Crippen LogP contribution in [0.1, 0.15) is 12.8 Å². The van der Waals surface area contributed by atoms with Gasteiger partial charge in [-0.05, 0) is 12.1 Å². The van der Waals surface area contributed by atoms with Crippen LogP contribution < -0.4 is 10.1 Å². The standard InChI is InChI=1S/C22H35N5O3.HI/c1-25(2)21(28)18-24-22(23-10-13-26-14-16-29-17-15-26)27-11-8-20(9-12-27)30-19-6-4-3-5-7-19;/h3-7,20H,8-18H2,1-2H3,(H,23,24);1H. The first-order valence-electron chi connectivity index (χ1n) is 10.9. The molecule has 0 bridgehead atoms. The number of ether oxygens (including phenoxy) is 2. The van der Waals surface area contributed by atoms with E-state index in [0.29, 0.717) is 0 Å². The van der Waals surface area contributed by atoms with Gasteiger partial charge in [0.1, 0.15) is 18.4 Å². The molecule has 1 amide bonds. The molecule has 0 spiro atoms. The molecule has 2 fully saturated rings. The Balaban J connectivity index is 0.00000341. The summed E-state index contributed by atoms with van der Waals surface area (Å²) in [6.07, 6.45) is 2.07. The van der Waals surface area contributed by atoms with Crippen molar-refractivity contribution in [1.82, 2.24) is 20.0 Å². The van der Waals surface area contributed by atoms with E-state index in [1.807, 2.05) is 30.3 Å². The molecular formula is C22H36IN5O3. The summed E-state index contributed by atoms with van der Waals surface area (Å²) in [7, 11) is 3.52. The monoisotopic (exact) mass is 545 g/mol. The smallest absolute Gasteiger partial charge is 0.243 e. The third-order valence-electron chi connectivity index (χ3n) is 5.47. The maximum Gasteiger partial charge on any atom is 0.243 e. The molecule has 2 aliphatic heterocycles. The normalized spacial score (nSPS) is 18.3. The van der Waals surface area contributed by atoms with Gasteiger partial charge in [-0.1, -0.05) is 18.2 Å². The molecule has 9 heteroatoms. The lowest BCUT2D eigenvalue weighted by atomic mass is 10.1. The van der Waals surface area contributed by atoms with Crippen LogP contribution in [0.2, 0.25) is 0 Å². The fourth-order valence-electron chi connectivity index (χ4n) is 3.58. The third-order valence-corrected chi connectivity index (χ3v) is 5.47. The second kappa shape index (κ2) is 13.7. The fourth-order valence-corrected chi connectivity index (χ4v) is 3.58. The maximum atomic E-state index is 12.0. The predicted molar refractivity (Wildman–Crippen MR) is 133 cm³/mol. The molecule has 8 nitrogen and oxygen atoms in total. The summed E-state index contributed by atoms with van der Waals surface area (Å²) in [5.74, 6) is 1.74. The first-order chi connectivity index (χ1) is 14.6. The Morgan fingerprint density at radius 3 is 2.48 bits per heavy atom. The van der Waals surface area contributed by atoms with Gasteiger partial charge in [0, 0.05) is 66.2 Å². The Labute approximate surface area is 203 Å². The average molecular weight is 545 g/mol. The van der Waals surface area contributed by atoms with Crippen LogP contribution in [0.25, 0.3) is 0 Å². The van der Waals surface area contributed by atoms with Crippen molar-refractivity contribution in [3.63, 3.8) is 0 Å². The second-order valence-electron chi connectivity index (χ2n) is 7.93. The molecule has 0 aliphatic carbocycles. The highest BCUT2D eigenvalue weighted by Crippen LogP contribution is 2.18. The summed E-state index contributed by atoms with van der Waals surface area (Å²) in [6, 6.07) is 9.99. The summed E-state index contributed by atoms with van der Waals surface area (Å²) in [5.41, 5.74) is 0. The lowest BCUT2D eigenvalue weighted by Gasteiger charge is -2.35. The van der Waals surface area contributed by atoms with E-state index in [-0.39, 0.29) is 42.5 Å². The van der Waals surface area contributed by atoms with Crippen molar-refractivity contribution in [1.29, 1.82) is 0 Å². The molecule has 2 aliphatic rings. The number of amides is 1. The minimum absolute atomic E-state index is 0. The number of para-hydroxylation sites is 1. The Hall–Kier alpha value is -1.59. The van der Waals surface area contributed by atoms with Gasteiger partial charge >= 0.3 is 0 Å². The van der Waals surface area contributed by atoms with Gasteiger partial charge in [-0.15, -0.1) is 24.0 Å². The summed E-state index contributed by atoms with van der Waals surface area (Å²) in [6.45, 7) is 7.15. The number of carbonyl (C=O) groups is 1. The number of morpholine rings is 1. The van der Waals surface area contributed by atoms with Crippen LogP contribution in [-0.2, 0) is 9.53 Å². The number of carbonyl (C=O) groups excluding carboxylic acids is 1. The highest BCUT2D eigenvalue weighted by Gasteiger charge is 2.23. The molecule has 0 aromatic heterocycles. The van der Waals surface area contributed by atoms with E-state index in [1.54, 1.807) is 19.0 Å². The molecule has 2 saturated heterocycles. The van der Waals surface area contributed by atoms with Crippen molar-refractivity contribution in [2.45, 2.75) is 18.9 Å². The number of piperidine rings is 1. The van der Waals surface area contributed by atoms with Crippen molar-refractivity contribution in [3.05, 3.63) is 30.3 Å². The number of guanidine groups is 1. The zero-order valence-electron chi connectivity index (χ0n) is 18.7. The average Bonchev–Trinajstić information content (AvgIpc) is 2.78. The van der Waals surface area contributed by atoms with Crippen LogP contribution in [0, 0.1) is 0 Å². The number of hydrogen-bond donors (Lipinski definition) is 1. The van der Waals surface area contributed by atoms with E-state index in [4.69, 9.17) is 9.47 Å². The number of hydrogen-bond acceptors (Lipinski definition) is 5. The lowest BCUT2D eigenvalue weighted by molar-refractivity contribution is -0.127. The van der Waals surface area contributed by atoms with Crippen molar-refractivity contribution in [3.8, 4) is 5.75 Å². The maximum absolute atomic E-state index is 12.0. The predicted octanol–water partition coefficient (Wildman–Crippen LogP) is 1.51. The first-order valence-corrected chi connectivity index (χ1v) is 10.9. The highest BCUT2D eigenvalue weighted by molar-refractivity contribution is 14.0. The minimum Gasteiger partial charge on any atom is -0.490 e. The van der Waals surface area contributed by atoms with Gasteiger partial charge in [0.05, 0.1) is 13.2 Å². The van der Waals surface area contributed by atoms with E-state index >= 15 is 0 Å². The van der Waals surface area contributed by atoms with Gasteiger partial charge in [0.2, 0.25) is 5.91 Å². The molecule has 1 aromatic carbocycles. The Kier molecular flexibility index (Phi) is 11.4. The summed E-state index contributed by atoms with van der Waals surface area (Å²) in [4.78, 5) is 22.9. The summed E-state index contributed by atoms with van der Waals surface area (Å²) >= 11 is 0.